The van der Waals surface area contributed by atoms with E-state index in [0.717, 1.165) is 17.1 Å². The van der Waals surface area contributed by atoms with E-state index in [1.165, 1.54) is 0 Å². The summed E-state index contributed by atoms with van der Waals surface area (Å²) in [5.41, 5.74) is 1.01. The van der Waals surface area contributed by atoms with Gasteiger partial charge < -0.3 is 15.4 Å². The predicted octanol–water partition coefficient (Wildman–Crippen LogP) is 2.72. The fourth-order valence-corrected chi connectivity index (χ4v) is 4.60. The molecule has 7 heteroatoms. The van der Waals surface area contributed by atoms with Gasteiger partial charge >= 0.3 is 0 Å². The minimum Gasteiger partial charge on any atom is -0.457 e. The van der Waals surface area contributed by atoms with E-state index in [0.29, 0.717) is 25.5 Å². The first-order valence-electron chi connectivity index (χ1n) is 9.11. The van der Waals surface area contributed by atoms with E-state index in [-0.39, 0.29) is 17.5 Å². The van der Waals surface area contributed by atoms with Crippen LogP contribution in [0.2, 0.25) is 0 Å². The largest absolute Gasteiger partial charge is 0.457 e. The Balaban J connectivity index is 1.64. The van der Waals surface area contributed by atoms with Crippen molar-refractivity contribution in [2.75, 3.05) is 18.1 Å². The lowest BCUT2D eigenvalue weighted by Crippen LogP contribution is -2.44. The van der Waals surface area contributed by atoms with Crippen LogP contribution in [0.3, 0.4) is 0 Å². The molecule has 0 radical (unpaired) electrons. The van der Waals surface area contributed by atoms with Crippen molar-refractivity contribution in [2.45, 2.75) is 25.9 Å². The second-order valence-electron chi connectivity index (χ2n) is 6.50. The summed E-state index contributed by atoms with van der Waals surface area (Å²) in [5.74, 6) is 2.58. The van der Waals surface area contributed by atoms with E-state index in [2.05, 4.69) is 15.6 Å². The number of sulfone groups is 1. The molecule has 27 heavy (non-hydrogen) atoms. The lowest BCUT2D eigenvalue weighted by molar-refractivity contribution is 0.482. The van der Waals surface area contributed by atoms with Gasteiger partial charge in [0.2, 0.25) is 0 Å². The lowest BCUT2D eigenvalue weighted by Gasteiger charge is -2.16. The van der Waals surface area contributed by atoms with Crippen molar-refractivity contribution in [3.63, 3.8) is 0 Å². The highest BCUT2D eigenvalue weighted by Crippen LogP contribution is 2.22. The van der Waals surface area contributed by atoms with Gasteiger partial charge in [0.1, 0.15) is 11.5 Å². The molecule has 1 fully saturated rings. The number of guanidine groups is 1. The number of nitrogens with one attached hydrogen (secondary N) is 2. The van der Waals surface area contributed by atoms with E-state index in [9.17, 15) is 8.42 Å². The van der Waals surface area contributed by atoms with Gasteiger partial charge in [-0.25, -0.2) is 13.4 Å². The Morgan fingerprint density at radius 1 is 1.15 bits per heavy atom. The molecule has 2 N–H and O–H groups in total. The Hall–Kier alpha value is -2.54. The summed E-state index contributed by atoms with van der Waals surface area (Å²) in [4.78, 5) is 4.59. The number of rotatable bonds is 6. The third-order valence-electron chi connectivity index (χ3n) is 4.21. The number of benzene rings is 2. The average molecular weight is 388 g/mol. The third-order valence-corrected chi connectivity index (χ3v) is 5.98. The molecular formula is C20H25N3O3S. The summed E-state index contributed by atoms with van der Waals surface area (Å²) in [6, 6.07) is 17.3. The molecule has 6 nitrogen and oxygen atoms in total. The molecule has 0 saturated carbocycles. The van der Waals surface area contributed by atoms with Crippen LogP contribution >= 0.6 is 0 Å². The summed E-state index contributed by atoms with van der Waals surface area (Å²) >= 11 is 0. The Bertz CT molecular complexity index is 882. The highest BCUT2D eigenvalue weighted by atomic mass is 32.2. The SMILES string of the molecule is CCNC(=NCc1cccc(Oc2ccccc2)c1)NC1CCS(=O)(=O)C1. The Labute approximate surface area is 160 Å². The van der Waals surface area contributed by atoms with E-state index < -0.39 is 9.84 Å². The van der Waals surface area contributed by atoms with Crippen LogP contribution in [0, 0.1) is 0 Å². The van der Waals surface area contributed by atoms with Gasteiger partial charge in [0, 0.05) is 12.6 Å². The second-order valence-corrected chi connectivity index (χ2v) is 8.73. The van der Waals surface area contributed by atoms with E-state index in [1.54, 1.807) is 0 Å². The monoisotopic (exact) mass is 387 g/mol. The van der Waals surface area contributed by atoms with Crippen molar-refractivity contribution in [1.82, 2.24) is 10.6 Å². The number of ether oxygens (including phenoxy) is 1. The van der Waals surface area contributed by atoms with Crippen LogP contribution in [0.4, 0.5) is 0 Å². The van der Waals surface area contributed by atoms with Gasteiger partial charge in [0.15, 0.2) is 15.8 Å². The number of hydrogen-bond acceptors (Lipinski definition) is 4. The number of aliphatic imine (C=N–C) groups is 1. The van der Waals surface area contributed by atoms with Gasteiger partial charge in [-0.3, -0.25) is 0 Å². The molecule has 1 aliphatic heterocycles. The Kier molecular flexibility index (Phi) is 6.34. The third kappa shape index (κ3) is 5.99. The molecule has 0 spiro atoms. The maximum absolute atomic E-state index is 11.6. The summed E-state index contributed by atoms with van der Waals surface area (Å²) in [7, 11) is -2.92. The van der Waals surface area contributed by atoms with Crippen molar-refractivity contribution in [3.8, 4) is 11.5 Å². The second kappa shape index (κ2) is 8.90. The standard InChI is InChI=1S/C20H25N3O3S/c1-2-21-20(23-17-11-12-27(24,25)15-17)22-14-16-7-6-10-19(13-16)26-18-8-4-3-5-9-18/h3-10,13,17H,2,11-12,14-15H2,1H3,(H2,21,22,23). The van der Waals surface area contributed by atoms with Gasteiger partial charge in [-0.05, 0) is 43.2 Å². The Morgan fingerprint density at radius 2 is 1.93 bits per heavy atom. The molecule has 1 aliphatic rings. The molecule has 1 saturated heterocycles. The van der Waals surface area contributed by atoms with Crippen molar-refractivity contribution < 1.29 is 13.2 Å². The summed E-state index contributed by atoms with van der Waals surface area (Å²) in [6.45, 7) is 3.17. The highest BCUT2D eigenvalue weighted by Gasteiger charge is 2.28. The fraction of sp³-hybridized carbons (Fsp3) is 0.350. The first-order valence-corrected chi connectivity index (χ1v) is 10.9. The van der Waals surface area contributed by atoms with Crippen LogP contribution < -0.4 is 15.4 Å². The molecule has 0 aliphatic carbocycles. The molecule has 144 valence electrons. The zero-order valence-corrected chi connectivity index (χ0v) is 16.2. The number of para-hydroxylation sites is 1. The van der Waals surface area contributed by atoms with E-state index in [1.807, 2.05) is 61.5 Å². The molecule has 2 aromatic rings. The van der Waals surface area contributed by atoms with Crippen molar-refractivity contribution in [3.05, 3.63) is 60.2 Å². The summed E-state index contributed by atoms with van der Waals surface area (Å²) in [6.07, 6.45) is 0.618. The molecule has 1 atom stereocenters. The fourth-order valence-electron chi connectivity index (χ4n) is 2.92. The maximum atomic E-state index is 11.6. The molecule has 0 bridgehead atoms. The minimum absolute atomic E-state index is 0.0828. The molecule has 2 aromatic carbocycles. The average Bonchev–Trinajstić information content (AvgIpc) is 2.99. The smallest absolute Gasteiger partial charge is 0.191 e. The molecule has 0 aromatic heterocycles. The van der Waals surface area contributed by atoms with Crippen molar-refractivity contribution in [2.24, 2.45) is 4.99 Å². The van der Waals surface area contributed by atoms with Crippen LogP contribution in [0.15, 0.2) is 59.6 Å². The number of hydrogen-bond donors (Lipinski definition) is 2. The quantitative estimate of drug-likeness (QED) is 0.588. The topological polar surface area (TPSA) is 79.8 Å². The Morgan fingerprint density at radius 3 is 2.63 bits per heavy atom. The molecule has 3 rings (SSSR count). The van der Waals surface area contributed by atoms with Crippen LogP contribution in [0.25, 0.3) is 0 Å². The molecule has 1 heterocycles. The van der Waals surface area contributed by atoms with Crippen LogP contribution in [0.1, 0.15) is 18.9 Å². The first kappa shape index (κ1) is 19.2. The summed E-state index contributed by atoms with van der Waals surface area (Å²) < 4.78 is 29.1. The molecule has 0 amide bonds. The van der Waals surface area contributed by atoms with Gasteiger partial charge in [0.05, 0.1) is 18.1 Å². The molecule has 1 unspecified atom stereocenters. The highest BCUT2D eigenvalue weighted by molar-refractivity contribution is 7.91. The van der Waals surface area contributed by atoms with Crippen molar-refractivity contribution >= 4 is 15.8 Å². The predicted molar refractivity (Wildman–Crippen MR) is 108 cm³/mol. The van der Waals surface area contributed by atoms with Gasteiger partial charge in [0.25, 0.3) is 0 Å². The van der Waals surface area contributed by atoms with Gasteiger partial charge in [-0.2, -0.15) is 0 Å². The lowest BCUT2D eigenvalue weighted by atomic mass is 10.2. The summed E-state index contributed by atoms with van der Waals surface area (Å²) in [5, 5.41) is 6.40. The van der Waals surface area contributed by atoms with E-state index in [4.69, 9.17) is 4.74 Å². The minimum atomic E-state index is -2.92. The molecular weight excluding hydrogens is 362 g/mol. The van der Waals surface area contributed by atoms with Gasteiger partial charge in [-0.15, -0.1) is 0 Å². The maximum Gasteiger partial charge on any atom is 0.191 e. The first-order chi connectivity index (χ1) is 13.0. The van der Waals surface area contributed by atoms with Crippen LogP contribution in [0.5, 0.6) is 11.5 Å². The van der Waals surface area contributed by atoms with Crippen LogP contribution in [-0.4, -0.2) is 38.5 Å². The van der Waals surface area contributed by atoms with Crippen molar-refractivity contribution in [1.29, 1.82) is 0 Å². The zero-order valence-electron chi connectivity index (χ0n) is 15.4. The van der Waals surface area contributed by atoms with Crippen LogP contribution in [-0.2, 0) is 16.4 Å². The normalized spacial score (nSPS) is 18.9. The number of nitrogens with zero attached hydrogens (tertiary/aromatic N) is 1. The van der Waals surface area contributed by atoms with Gasteiger partial charge in [-0.1, -0.05) is 30.3 Å². The van der Waals surface area contributed by atoms with E-state index >= 15 is 0 Å². The zero-order chi connectivity index (χ0) is 19.1.